The molecule has 8 bridgehead atoms. The minimum absolute atomic E-state index is 0.00432. The fourth-order valence-electron chi connectivity index (χ4n) is 18.0. The third-order valence-corrected chi connectivity index (χ3v) is 30.3. The molecule has 0 heterocycles. The van der Waals surface area contributed by atoms with Gasteiger partial charge in [0.1, 0.15) is 101 Å². The van der Waals surface area contributed by atoms with Crippen LogP contribution >= 0.6 is 113 Å². The van der Waals surface area contributed by atoms with Crippen LogP contribution in [-0.4, -0.2) is 192 Å². The normalized spacial score (nSPS) is 19.8. The van der Waals surface area contributed by atoms with Crippen LogP contribution in [-0.2, 0) is 93.5 Å². The Morgan fingerprint density at radius 3 is 1.01 bits per heavy atom. The standard InChI is InChI=1S/C20H21IO8S.C20H23IO7S.C20H15IO7S.C19H15IO7S.C16H13IO7S/c21-14-1-2-15(18(23)28-3-4-30(25,26)27)16(7-14)29-19(24)20-8-11-5-12(9-20)17(22)13(6-11)10-20;21-15-1-2-16(18(22)27-3-4-29(24,25)26)17(8-15)28-19(23)20-9-12-5-13(10-20)7-14(6-12)11-20;21-14-8-9-17(19(22)27-10-11-29(24,25)26)18(12-14)28-20(23)16-7-3-5-13-4-1-2-6-15(13)16;20-13-6-8-16(18(21)26-9-10-28(23,24)25)17(11-13)27-19(22)15-7-5-12-3-1-2-4-14(12)15;17-12-6-7-13(16(19)23-8-9-25(20,21)22)14(10-12)24-15(18)11-4-2-1-3-5-11/h1-2,7,11-13H,3-6,8-10H2,(H,25,26,27);1-2,8,12-14H,3-7,9-11H2,(H,24,25,26);1-9,12H,10-11H2,(H,24,25,26);1-8,11,15H,9-10H2,(H,23,24,25);1-7,10H,8-9H2,(H,20,21,22)/p-5. The van der Waals surface area contributed by atoms with Crippen LogP contribution in [0.4, 0.5) is 0 Å². The second-order valence-electron chi connectivity index (χ2n) is 33.8. The van der Waals surface area contributed by atoms with Gasteiger partial charge in [0.05, 0.1) is 101 Å². The molecule has 46 heteroatoms. The van der Waals surface area contributed by atoms with Crippen LogP contribution in [0, 0.1) is 64.2 Å². The summed E-state index contributed by atoms with van der Waals surface area (Å²) in [5, 5.41) is 1.57. The van der Waals surface area contributed by atoms with Crippen LogP contribution < -0.4 is 23.7 Å². The Labute approximate surface area is 877 Å². The number of halogens is 5. The second-order valence-corrected chi connectivity index (χ2v) is 47.6. The fraction of sp³-hybridized carbons (Fsp3) is 0.316. The Bertz CT molecular complexity index is 6940. The molecule has 36 nitrogen and oxygen atoms in total. The first-order valence-electron chi connectivity index (χ1n) is 42.9. The first-order chi connectivity index (χ1) is 66.4. The summed E-state index contributed by atoms with van der Waals surface area (Å²) in [7, 11) is -22.5. The van der Waals surface area contributed by atoms with Crippen molar-refractivity contribution in [2.75, 3.05) is 61.8 Å². The lowest BCUT2D eigenvalue weighted by Gasteiger charge is -2.55. The highest BCUT2D eigenvalue weighted by atomic mass is 127. The summed E-state index contributed by atoms with van der Waals surface area (Å²) >= 11 is 10.1. The fourth-order valence-corrected chi connectivity index (χ4v) is 21.8. The van der Waals surface area contributed by atoms with E-state index < -0.39 is 183 Å². The van der Waals surface area contributed by atoms with E-state index in [0.29, 0.717) is 66.6 Å². The molecular formula is C95H82I5O36S5-5. The van der Waals surface area contributed by atoms with E-state index in [9.17, 15) is 118 Å². The zero-order valence-electron chi connectivity index (χ0n) is 73.6. The summed E-state index contributed by atoms with van der Waals surface area (Å²) in [6, 6.07) is 51.0. The van der Waals surface area contributed by atoms with Crippen molar-refractivity contribution in [2.24, 2.45) is 46.3 Å². The van der Waals surface area contributed by atoms with Crippen molar-refractivity contribution in [3.05, 3.63) is 262 Å². The molecule has 9 aromatic carbocycles. The molecule has 8 saturated carbocycles. The van der Waals surface area contributed by atoms with E-state index in [0.717, 1.165) is 59.3 Å². The highest BCUT2D eigenvalue weighted by Crippen LogP contribution is 2.61. The van der Waals surface area contributed by atoms with Crippen LogP contribution in [0.1, 0.15) is 160 Å². The Morgan fingerprint density at radius 1 is 0.319 bits per heavy atom. The smallest absolute Gasteiger partial charge is 0.344 e. The predicted molar refractivity (Wildman–Crippen MR) is 537 cm³/mol. The number of hydrogen-bond acceptors (Lipinski definition) is 36. The van der Waals surface area contributed by atoms with Crippen molar-refractivity contribution in [1.82, 2.24) is 0 Å². The highest BCUT2D eigenvalue weighted by molar-refractivity contribution is 14.1. The molecule has 8 fully saturated rings. The van der Waals surface area contributed by atoms with Gasteiger partial charge in [-0.25, -0.2) is 75.7 Å². The SMILES string of the molecule is O=C(OCCS(=O)(=O)[O-])c1ccc(I)cc1OC(=O)C12CC3CC(C1)C(=O)C(C3)C2.O=C(OCCS(=O)(=O)[O-])c1ccc(I)cc1OC(=O)C12CC3CC(CC(C3)C1)C2.O=C(OCCS(=O)(=O)[O-])c1ccc(I)cc1OC(=O)C1C=Cc2ccccc21.O=C(OCCS(=O)(=O)[O-])c1ccc(I)cc1OC(=O)c1cccc2ccccc12.O=C(Oc1cc(I)ccc1C(=O)OCCS(=O)(=O)[O-])c1ccccc1. The second kappa shape index (κ2) is 48.0. The van der Waals surface area contributed by atoms with E-state index >= 15 is 0 Å². The Hall–Kier alpha value is -9.45. The number of ether oxygens (including phenoxy) is 10. The van der Waals surface area contributed by atoms with Crippen molar-refractivity contribution in [3.63, 3.8) is 0 Å². The van der Waals surface area contributed by atoms with Crippen LogP contribution in [0.5, 0.6) is 28.7 Å². The summed E-state index contributed by atoms with van der Waals surface area (Å²) < 4.78 is 215. The average Bonchev–Trinajstić information content (AvgIpc) is 1.18. The molecule has 0 N–H and O–H groups in total. The minimum atomic E-state index is -4.51. The van der Waals surface area contributed by atoms with Gasteiger partial charge in [0.2, 0.25) is 0 Å². The summed E-state index contributed by atoms with van der Waals surface area (Å²) in [4.78, 5) is 138. The molecule has 141 heavy (non-hydrogen) atoms. The number of ketones is 1. The third kappa shape index (κ3) is 31.5. The molecule has 3 atom stereocenters. The van der Waals surface area contributed by atoms with Gasteiger partial charge in [-0.15, -0.1) is 0 Å². The number of fused-ring (bicyclic) bond motifs is 2. The Morgan fingerprint density at radius 2 is 0.631 bits per heavy atom. The molecule has 0 amide bonds. The van der Waals surface area contributed by atoms with Gasteiger partial charge in [-0.2, -0.15) is 0 Å². The van der Waals surface area contributed by atoms with Crippen molar-refractivity contribution < 1.29 is 165 Å². The number of rotatable bonds is 30. The number of carbonyl (C=O) groups excluding carboxylic acids is 11. The topological polar surface area (TPSA) is 566 Å². The number of esters is 10. The molecular weight excluding hydrogens is 2510 g/mol. The van der Waals surface area contributed by atoms with Gasteiger partial charge in [0.15, 0.2) is 0 Å². The predicted octanol–water partition coefficient (Wildman–Crippen LogP) is 13.7. The molecule has 9 aliphatic carbocycles. The monoisotopic (exact) mass is 2590 g/mol. The van der Waals surface area contributed by atoms with Gasteiger partial charge >= 0.3 is 59.7 Å². The molecule has 9 aliphatic rings. The number of hydrogen-bond donors (Lipinski definition) is 0. The molecule has 18 rings (SSSR count). The largest absolute Gasteiger partial charge is 0.748 e. The van der Waals surface area contributed by atoms with Gasteiger partial charge < -0.3 is 70.1 Å². The van der Waals surface area contributed by atoms with E-state index in [2.05, 4.69) is 22.6 Å². The summed E-state index contributed by atoms with van der Waals surface area (Å²) in [6.07, 6.45) is 13.1. The summed E-state index contributed by atoms with van der Waals surface area (Å²) in [5.74, 6) is -9.37. The van der Waals surface area contributed by atoms with Gasteiger partial charge in [-0.3, -0.25) is 19.2 Å². The summed E-state index contributed by atoms with van der Waals surface area (Å²) in [5.41, 5.74) is 1.09. The quantitative estimate of drug-likeness (QED) is 0.0133. The molecule has 0 aliphatic heterocycles. The molecule has 748 valence electrons. The lowest BCUT2D eigenvalue weighted by Crippen LogP contribution is -2.55. The van der Waals surface area contributed by atoms with Crippen molar-refractivity contribution in [2.45, 2.75) is 76.5 Å². The van der Waals surface area contributed by atoms with Crippen LogP contribution in [0.2, 0.25) is 0 Å². The zero-order valence-corrected chi connectivity index (χ0v) is 88.4. The lowest BCUT2D eigenvalue weighted by atomic mass is 9.49. The maximum Gasteiger partial charge on any atom is 0.344 e. The molecule has 0 radical (unpaired) electrons. The van der Waals surface area contributed by atoms with Gasteiger partial charge in [0, 0.05) is 29.7 Å². The van der Waals surface area contributed by atoms with E-state index in [1.807, 2.05) is 139 Å². The van der Waals surface area contributed by atoms with E-state index in [4.69, 9.17) is 47.4 Å². The van der Waals surface area contributed by atoms with Crippen molar-refractivity contribution >= 4 is 246 Å². The number of benzene rings is 9. The molecule has 0 spiro atoms. The van der Waals surface area contributed by atoms with E-state index in [1.165, 1.54) is 73.9 Å². The third-order valence-electron chi connectivity index (χ3n) is 23.6. The van der Waals surface area contributed by atoms with Crippen LogP contribution in [0.3, 0.4) is 0 Å². The molecule has 0 aromatic heterocycles. The number of Topliss-reactive ketones (excluding diaryl/α,β-unsaturated/α-hetero) is 1. The van der Waals surface area contributed by atoms with Gasteiger partial charge in [-0.1, -0.05) is 91.0 Å². The Kier molecular flexibility index (Phi) is 37.6. The minimum Gasteiger partial charge on any atom is -0.748 e. The molecule has 0 saturated heterocycles. The van der Waals surface area contributed by atoms with E-state index in [1.54, 1.807) is 97.1 Å². The average molecular weight is 2590 g/mol. The first kappa shape index (κ1) is 110. The zero-order chi connectivity index (χ0) is 102. The lowest BCUT2D eigenvalue weighted by molar-refractivity contribution is -0.167. The van der Waals surface area contributed by atoms with Crippen LogP contribution in [0.25, 0.3) is 16.8 Å². The van der Waals surface area contributed by atoms with Crippen molar-refractivity contribution in [1.29, 1.82) is 0 Å². The molecule has 9 aromatic rings. The van der Waals surface area contributed by atoms with Gasteiger partial charge in [0.25, 0.3) is 0 Å². The Balaban J connectivity index is 0.000000158. The maximum absolute atomic E-state index is 13.2. The highest BCUT2D eigenvalue weighted by Gasteiger charge is 2.60. The summed E-state index contributed by atoms with van der Waals surface area (Å²) in [6.45, 7) is -2.88. The van der Waals surface area contributed by atoms with Crippen LogP contribution in [0.15, 0.2) is 194 Å². The van der Waals surface area contributed by atoms with Crippen molar-refractivity contribution in [3.8, 4) is 28.7 Å². The van der Waals surface area contributed by atoms with Gasteiger partial charge in [-0.05, 0) is 338 Å². The molecule has 3 unspecified atom stereocenters. The number of carbonyl (C=O) groups is 11. The van der Waals surface area contributed by atoms with E-state index in [-0.39, 0.29) is 80.2 Å². The maximum atomic E-state index is 13.2. The first-order valence-corrected chi connectivity index (χ1v) is 56.2.